The minimum atomic E-state index is 0.497. The fraction of sp³-hybridized carbons (Fsp3) is 1.00. The van der Waals surface area contributed by atoms with Crippen LogP contribution in [0.15, 0.2) is 0 Å². The molecule has 0 spiro atoms. The summed E-state index contributed by atoms with van der Waals surface area (Å²) in [6.07, 6.45) is 14.9. The molecule has 2 fully saturated rings. The third kappa shape index (κ3) is 4.59. The number of nitrogens with two attached hydrogens (primary N) is 2. The van der Waals surface area contributed by atoms with Crippen LogP contribution in [0.1, 0.15) is 70.6 Å². The maximum atomic E-state index is 6.04. The molecule has 4 unspecified atom stereocenters. The van der Waals surface area contributed by atoms with E-state index in [1.54, 1.807) is 0 Å². The van der Waals surface area contributed by atoms with E-state index in [1.165, 1.54) is 70.6 Å². The predicted molar refractivity (Wildman–Crippen MR) is 73.7 cm³/mol. The highest BCUT2D eigenvalue weighted by molar-refractivity contribution is 4.77. The van der Waals surface area contributed by atoms with E-state index in [0.29, 0.717) is 12.1 Å². The highest BCUT2D eigenvalue weighted by Crippen LogP contribution is 2.31. The molecule has 0 aromatic heterocycles. The van der Waals surface area contributed by atoms with E-state index in [0.717, 1.165) is 11.8 Å². The minimum absolute atomic E-state index is 0.497. The third-order valence-electron chi connectivity index (χ3n) is 4.87. The maximum Gasteiger partial charge on any atom is 0.00414 e. The van der Waals surface area contributed by atoms with Crippen molar-refractivity contribution in [3.8, 4) is 0 Å². The van der Waals surface area contributed by atoms with Crippen LogP contribution in [0, 0.1) is 11.8 Å². The van der Waals surface area contributed by atoms with Gasteiger partial charge in [0.2, 0.25) is 0 Å². The van der Waals surface area contributed by atoms with Crippen molar-refractivity contribution in [2.45, 2.75) is 82.7 Å². The Morgan fingerprint density at radius 3 is 1.59 bits per heavy atom. The van der Waals surface area contributed by atoms with Crippen LogP contribution in [0.5, 0.6) is 0 Å². The summed E-state index contributed by atoms with van der Waals surface area (Å²) in [5, 5.41) is 0. The standard InChI is InChI=1S/C15H30N2/c16-14-8-2-6-12(10-14)4-1-5-13-7-3-9-15(17)11-13/h12-15H,1-11,16-17H2. The van der Waals surface area contributed by atoms with E-state index in [9.17, 15) is 0 Å². The first-order valence-corrected chi connectivity index (χ1v) is 7.75. The molecule has 0 aliphatic heterocycles. The lowest BCUT2D eigenvalue weighted by atomic mass is 9.80. The molecule has 4 N–H and O–H groups in total. The second-order valence-corrected chi connectivity index (χ2v) is 6.52. The Kier molecular flexibility index (Phi) is 5.30. The lowest BCUT2D eigenvalue weighted by Gasteiger charge is -2.29. The molecule has 0 aromatic rings. The van der Waals surface area contributed by atoms with Gasteiger partial charge >= 0.3 is 0 Å². The number of hydrogen-bond acceptors (Lipinski definition) is 2. The van der Waals surface area contributed by atoms with Crippen molar-refractivity contribution >= 4 is 0 Å². The number of rotatable bonds is 4. The van der Waals surface area contributed by atoms with E-state index >= 15 is 0 Å². The SMILES string of the molecule is NC1CCCC(CCCC2CCCC(N)C2)C1. The van der Waals surface area contributed by atoms with E-state index in [-0.39, 0.29) is 0 Å². The molecule has 0 heterocycles. The van der Waals surface area contributed by atoms with Crippen molar-refractivity contribution in [3.63, 3.8) is 0 Å². The zero-order valence-electron chi connectivity index (χ0n) is 11.2. The Morgan fingerprint density at radius 2 is 1.18 bits per heavy atom. The van der Waals surface area contributed by atoms with Crippen molar-refractivity contribution in [1.29, 1.82) is 0 Å². The monoisotopic (exact) mass is 238 g/mol. The van der Waals surface area contributed by atoms with Crippen LogP contribution in [-0.2, 0) is 0 Å². The van der Waals surface area contributed by atoms with Gasteiger partial charge in [-0.1, -0.05) is 44.9 Å². The molecule has 0 radical (unpaired) electrons. The van der Waals surface area contributed by atoms with Gasteiger partial charge in [0.15, 0.2) is 0 Å². The molecule has 2 rings (SSSR count). The topological polar surface area (TPSA) is 52.0 Å². The lowest BCUT2D eigenvalue weighted by Crippen LogP contribution is -2.28. The van der Waals surface area contributed by atoms with Gasteiger partial charge in [0, 0.05) is 12.1 Å². The van der Waals surface area contributed by atoms with Crippen LogP contribution in [0.25, 0.3) is 0 Å². The Bertz CT molecular complexity index is 195. The molecule has 0 aromatic carbocycles. The van der Waals surface area contributed by atoms with E-state index in [2.05, 4.69) is 0 Å². The Hall–Kier alpha value is -0.0800. The average Bonchev–Trinajstić information content (AvgIpc) is 2.29. The van der Waals surface area contributed by atoms with Crippen LogP contribution in [0.3, 0.4) is 0 Å². The summed E-state index contributed by atoms with van der Waals surface area (Å²) in [5.41, 5.74) is 12.1. The van der Waals surface area contributed by atoms with Crippen molar-refractivity contribution < 1.29 is 0 Å². The van der Waals surface area contributed by atoms with Gasteiger partial charge in [0.25, 0.3) is 0 Å². The molecule has 17 heavy (non-hydrogen) atoms. The molecule has 4 atom stereocenters. The van der Waals surface area contributed by atoms with Crippen molar-refractivity contribution in [2.75, 3.05) is 0 Å². The van der Waals surface area contributed by atoms with Gasteiger partial charge < -0.3 is 11.5 Å². The lowest BCUT2D eigenvalue weighted by molar-refractivity contribution is 0.266. The normalized spacial score (nSPS) is 39.2. The fourth-order valence-electron chi connectivity index (χ4n) is 3.88. The largest absolute Gasteiger partial charge is 0.328 e. The average molecular weight is 238 g/mol. The molecule has 2 nitrogen and oxygen atoms in total. The predicted octanol–water partition coefficient (Wildman–Crippen LogP) is 3.19. The van der Waals surface area contributed by atoms with Crippen molar-refractivity contribution in [1.82, 2.24) is 0 Å². The first-order chi connectivity index (χ1) is 8.24. The highest BCUT2D eigenvalue weighted by atomic mass is 14.6. The molecule has 100 valence electrons. The molecule has 0 amide bonds. The molecule has 2 heteroatoms. The maximum absolute atomic E-state index is 6.04. The zero-order chi connectivity index (χ0) is 12.1. The summed E-state index contributed by atoms with van der Waals surface area (Å²) in [6, 6.07) is 0.994. The molecule has 2 aliphatic carbocycles. The summed E-state index contributed by atoms with van der Waals surface area (Å²) < 4.78 is 0. The molecule has 2 aliphatic rings. The van der Waals surface area contributed by atoms with Crippen LogP contribution in [-0.4, -0.2) is 12.1 Å². The summed E-state index contributed by atoms with van der Waals surface area (Å²) in [4.78, 5) is 0. The van der Waals surface area contributed by atoms with Gasteiger partial charge in [-0.05, 0) is 37.5 Å². The third-order valence-corrected chi connectivity index (χ3v) is 4.87. The Labute approximate surface area is 107 Å². The smallest absolute Gasteiger partial charge is 0.00414 e. The molecular weight excluding hydrogens is 208 g/mol. The zero-order valence-corrected chi connectivity index (χ0v) is 11.2. The summed E-state index contributed by atoms with van der Waals surface area (Å²) in [6.45, 7) is 0. The van der Waals surface area contributed by atoms with E-state index in [4.69, 9.17) is 11.5 Å². The van der Waals surface area contributed by atoms with Crippen LogP contribution >= 0.6 is 0 Å². The summed E-state index contributed by atoms with van der Waals surface area (Å²) >= 11 is 0. The molecule has 0 bridgehead atoms. The second-order valence-electron chi connectivity index (χ2n) is 6.52. The van der Waals surface area contributed by atoms with Gasteiger partial charge in [-0.25, -0.2) is 0 Å². The van der Waals surface area contributed by atoms with Crippen LogP contribution in [0.2, 0.25) is 0 Å². The van der Waals surface area contributed by atoms with Gasteiger partial charge in [-0.15, -0.1) is 0 Å². The van der Waals surface area contributed by atoms with E-state index < -0.39 is 0 Å². The van der Waals surface area contributed by atoms with Crippen molar-refractivity contribution in [3.05, 3.63) is 0 Å². The second kappa shape index (κ2) is 6.75. The van der Waals surface area contributed by atoms with Crippen LogP contribution < -0.4 is 11.5 Å². The van der Waals surface area contributed by atoms with Gasteiger partial charge in [-0.3, -0.25) is 0 Å². The van der Waals surface area contributed by atoms with Crippen molar-refractivity contribution in [2.24, 2.45) is 23.3 Å². The minimum Gasteiger partial charge on any atom is -0.328 e. The molecule has 2 saturated carbocycles. The highest BCUT2D eigenvalue weighted by Gasteiger charge is 2.21. The summed E-state index contributed by atoms with van der Waals surface area (Å²) in [7, 11) is 0. The van der Waals surface area contributed by atoms with Gasteiger partial charge in [0.05, 0.1) is 0 Å². The van der Waals surface area contributed by atoms with Crippen LogP contribution in [0.4, 0.5) is 0 Å². The first kappa shape index (κ1) is 13.4. The first-order valence-electron chi connectivity index (χ1n) is 7.75. The quantitative estimate of drug-likeness (QED) is 0.790. The Balaban J connectivity index is 1.58. The molecule has 0 saturated heterocycles. The fourth-order valence-corrected chi connectivity index (χ4v) is 3.88. The molecular formula is C15H30N2. The number of hydrogen-bond donors (Lipinski definition) is 2. The Morgan fingerprint density at radius 1 is 0.706 bits per heavy atom. The van der Waals surface area contributed by atoms with E-state index in [1.807, 2.05) is 0 Å². The van der Waals surface area contributed by atoms with Gasteiger partial charge in [-0.2, -0.15) is 0 Å². The van der Waals surface area contributed by atoms with Gasteiger partial charge in [0.1, 0.15) is 0 Å². The summed E-state index contributed by atoms with van der Waals surface area (Å²) in [5.74, 6) is 1.85.